The minimum absolute atomic E-state index is 0.0304. The number of carbonyl (C=O) groups is 1. The monoisotopic (exact) mass is 392 g/mol. The smallest absolute Gasteiger partial charge is 0.251 e. The van der Waals surface area contributed by atoms with Crippen molar-refractivity contribution in [2.45, 2.75) is 32.9 Å². The fourth-order valence-corrected chi connectivity index (χ4v) is 2.78. The first-order chi connectivity index (χ1) is 13.3. The summed E-state index contributed by atoms with van der Waals surface area (Å²) < 4.78 is 31.2. The summed E-state index contributed by atoms with van der Waals surface area (Å²) in [6.45, 7) is 6.96. The first-order valence-electron chi connectivity index (χ1n) is 9.22. The number of ether oxygens (including phenoxy) is 1. The Bertz CT molecular complexity index is 782. The number of amides is 1. The topological polar surface area (TPSA) is 61.8 Å². The summed E-state index contributed by atoms with van der Waals surface area (Å²) >= 11 is 0. The number of anilines is 1. The van der Waals surface area contributed by atoms with Gasteiger partial charge in [-0.2, -0.15) is 0 Å². The average Bonchev–Trinajstić information content (AvgIpc) is 2.67. The van der Waals surface area contributed by atoms with E-state index in [2.05, 4.69) is 31.0 Å². The van der Waals surface area contributed by atoms with Crippen molar-refractivity contribution in [1.82, 2.24) is 5.32 Å². The Hall–Kier alpha value is -2.67. The molecule has 0 heterocycles. The molecule has 28 heavy (non-hydrogen) atoms. The zero-order valence-electron chi connectivity index (χ0n) is 16.3. The molecule has 1 unspecified atom stereocenters. The first-order valence-corrected chi connectivity index (χ1v) is 9.22. The third-order valence-corrected chi connectivity index (χ3v) is 4.26. The first kappa shape index (κ1) is 21.6. The number of aliphatic hydroxyl groups excluding tert-OH is 1. The van der Waals surface area contributed by atoms with Crippen LogP contribution in [-0.4, -0.2) is 42.9 Å². The third kappa shape index (κ3) is 5.92. The van der Waals surface area contributed by atoms with Crippen molar-refractivity contribution in [3.05, 3.63) is 59.7 Å². The number of hydrogen-bond donors (Lipinski definition) is 2. The summed E-state index contributed by atoms with van der Waals surface area (Å²) in [4.78, 5) is 14.4. The van der Waals surface area contributed by atoms with E-state index in [9.17, 15) is 18.7 Å². The Morgan fingerprint density at radius 3 is 2.39 bits per heavy atom. The Morgan fingerprint density at radius 2 is 1.82 bits per heavy atom. The highest BCUT2D eigenvalue weighted by Gasteiger charge is 2.12. The SMILES string of the molecule is CCN(c1ccc(C(=O)NCC(O)COc2ccc(F)c(F)c2)cc1)C(C)C. The predicted molar refractivity (Wildman–Crippen MR) is 105 cm³/mol. The van der Waals surface area contributed by atoms with Crippen LogP contribution >= 0.6 is 0 Å². The van der Waals surface area contributed by atoms with Crippen molar-refractivity contribution >= 4 is 11.6 Å². The lowest BCUT2D eigenvalue weighted by molar-refractivity contribution is 0.0843. The minimum atomic E-state index is -1.03. The largest absolute Gasteiger partial charge is 0.491 e. The Morgan fingerprint density at radius 1 is 1.14 bits per heavy atom. The fourth-order valence-electron chi connectivity index (χ4n) is 2.78. The molecule has 0 radical (unpaired) electrons. The second-order valence-corrected chi connectivity index (χ2v) is 6.68. The predicted octanol–water partition coefficient (Wildman–Crippen LogP) is 3.37. The number of carbonyl (C=O) groups excluding carboxylic acids is 1. The Labute approximate surface area is 163 Å². The quantitative estimate of drug-likeness (QED) is 0.687. The van der Waals surface area contributed by atoms with Gasteiger partial charge in [0.05, 0.1) is 0 Å². The summed E-state index contributed by atoms with van der Waals surface area (Å²) in [7, 11) is 0. The zero-order chi connectivity index (χ0) is 20.7. The van der Waals surface area contributed by atoms with E-state index in [1.54, 1.807) is 12.1 Å². The van der Waals surface area contributed by atoms with Crippen LogP contribution in [0.1, 0.15) is 31.1 Å². The molecule has 2 rings (SSSR count). The van der Waals surface area contributed by atoms with Gasteiger partial charge in [0.15, 0.2) is 11.6 Å². The maximum Gasteiger partial charge on any atom is 0.251 e. The number of aliphatic hydroxyl groups is 1. The van der Waals surface area contributed by atoms with Gasteiger partial charge in [0, 0.05) is 36.4 Å². The van der Waals surface area contributed by atoms with E-state index >= 15 is 0 Å². The summed E-state index contributed by atoms with van der Waals surface area (Å²) in [6, 6.07) is 10.7. The van der Waals surface area contributed by atoms with E-state index < -0.39 is 17.7 Å². The number of nitrogens with zero attached hydrogens (tertiary/aromatic N) is 1. The molecule has 7 heteroatoms. The Balaban J connectivity index is 1.83. The van der Waals surface area contributed by atoms with Crippen LogP contribution in [0, 0.1) is 11.6 Å². The molecule has 1 amide bonds. The number of rotatable bonds is 9. The van der Waals surface area contributed by atoms with E-state index in [0.29, 0.717) is 11.6 Å². The normalized spacial score (nSPS) is 12.0. The molecule has 0 aliphatic carbocycles. The number of nitrogens with one attached hydrogen (secondary N) is 1. The second kappa shape index (κ2) is 10.0. The molecule has 0 aliphatic rings. The molecule has 0 saturated carbocycles. The van der Waals surface area contributed by atoms with E-state index in [1.807, 2.05) is 12.1 Å². The average molecular weight is 392 g/mol. The van der Waals surface area contributed by atoms with Gasteiger partial charge in [-0.1, -0.05) is 0 Å². The second-order valence-electron chi connectivity index (χ2n) is 6.68. The molecule has 0 spiro atoms. The van der Waals surface area contributed by atoms with Crippen molar-refractivity contribution in [3.63, 3.8) is 0 Å². The van der Waals surface area contributed by atoms with E-state index in [4.69, 9.17) is 4.74 Å². The summed E-state index contributed by atoms with van der Waals surface area (Å²) in [5.74, 6) is -2.21. The molecule has 5 nitrogen and oxygen atoms in total. The molecule has 0 fully saturated rings. The lowest BCUT2D eigenvalue weighted by atomic mass is 10.1. The Kier molecular flexibility index (Phi) is 7.75. The molecule has 1 atom stereocenters. The molecule has 0 saturated heterocycles. The molecule has 152 valence electrons. The highest BCUT2D eigenvalue weighted by Crippen LogP contribution is 2.18. The van der Waals surface area contributed by atoms with Crippen LogP contribution in [0.25, 0.3) is 0 Å². The van der Waals surface area contributed by atoms with Gasteiger partial charge in [0.25, 0.3) is 5.91 Å². The lowest BCUT2D eigenvalue weighted by Crippen LogP contribution is -2.35. The van der Waals surface area contributed by atoms with Crippen LogP contribution < -0.4 is 15.0 Å². The van der Waals surface area contributed by atoms with Gasteiger partial charge in [-0.15, -0.1) is 0 Å². The van der Waals surface area contributed by atoms with Gasteiger partial charge >= 0.3 is 0 Å². The third-order valence-electron chi connectivity index (χ3n) is 4.26. The molecule has 2 aromatic rings. The van der Waals surface area contributed by atoms with Crippen molar-refractivity contribution < 1.29 is 23.4 Å². The van der Waals surface area contributed by atoms with Gasteiger partial charge in [-0.25, -0.2) is 8.78 Å². The molecular weight excluding hydrogens is 366 g/mol. The van der Waals surface area contributed by atoms with Crippen LogP contribution in [0.3, 0.4) is 0 Å². The van der Waals surface area contributed by atoms with Crippen molar-refractivity contribution in [3.8, 4) is 5.75 Å². The van der Waals surface area contributed by atoms with Gasteiger partial charge in [0.2, 0.25) is 0 Å². The molecule has 0 bridgehead atoms. The number of halogens is 2. The maximum absolute atomic E-state index is 13.1. The highest BCUT2D eigenvalue weighted by molar-refractivity contribution is 5.94. The molecule has 0 aromatic heterocycles. The summed E-state index contributed by atoms with van der Waals surface area (Å²) in [6.07, 6.45) is -0.993. The molecule has 2 N–H and O–H groups in total. The van der Waals surface area contributed by atoms with Crippen LogP contribution in [0.2, 0.25) is 0 Å². The minimum Gasteiger partial charge on any atom is -0.491 e. The van der Waals surface area contributed by atoms with Gasteiger partial charge < -0.3 is 20.1 Å². The van der Waals surface area contributed by atoms with E-state index in [1.165, 1.54) is 6.07 Å². The van der Waals surface area contributed by atoms with E-state index in [0.717, 1.165) is 24.4 Å². The standard InChI is InChI=1S/C21H26F2N2O3/c1-4-25(14(2)3)16-7-5-15(6-8-16)21(27)24-12-17(26)13-28-18-9-10-19(22)20(23)11-18/h5-11,14,17,26H,4,12-13H2,1-3H3,(H,24,27). The van der Waals surface area contributed by atoms with Crippen LogP contribution in [0.15, 0.2) is 42.5 Å². The van der Waals surface area contributed by atoms with E-state index in [-0.39, 0.29) is 24.8 Å². The maximum atomic E-state index is 13.1. The number of benzene rings is 2. The van der Waals surface area contributed by atoms with Gasteiger partial charge in [-0.3, -0.25) is 4.79 Å². The zero-order valence-corrected chi connectivity index (χ0v) is 16.3. The summed E-state index contributed by atoms with van der Waals surface area (Å²) in [5.41, 5.74) is 1.52. The summed E-state index contributed by atoms with van der Waals surface area (Å²) in [5, 5.41) is 12.6. The van der Waals surface area contributed by atoms with Crippen molar-refractivity contribution in [2.24, 2.45) is 0 Å². The van der Waals surface area contributed by atoms with Crippen LogP contribution in [0.5, 0.6) is 5.75 Å². The molecule has 2 aromatic carbocycles. The molecule has 0 aliphatic heterocycles. The fraction of sp³-hybridized carbons (Fsp3) is 0.381. The lowest BCUT2D eigenvalue weighted by Gasteiger charge is -2.27. The number of hydrogen-bond acceptors (Lipinski definition) is 4. The van der Waals surface area contributed by atoms with Gasteiger partial charge in [-0.05, 0) is 57.2 Å². The van der Waals surface area contributed by atoms with Crippen molar-refractivity contribution in [1.29, 1.82) is 0 Å². The molecular formula is C21H26F2N2O3. The highest BCUT2D eigenvalue weighted by atomic mass is 19.2. The van der Waals surface area contributed by atoms with Crippen molar-refractivity contribution in [2.75, 3.05) is 24.6 Å². The van der Waals surface area contributed by atoms with Gasteiger partial charge in [0.1, 0.15) is 18.5 Å². The van der Waals surface area contributed by atoms with Crippen LogP contribution in [-0.2, 0) is 0 Å². The van der Waals surface area contributed by atoms with Crippen LogP contribution in [0.4, 0.5) is 14.5 Å².